The zero-order chi connectivity index (χ0) is 10.9. The van der Waals surface area contributed by atoms with Gasteiger partial charge in [0, 0.05) is 19.4 Å². The third-order valence-corrected chi connectivity index (χ3v) is 3.51. The summed E-state index contributed by atoms with van der Waals surface area (Å²) in [5.74, 6) is 0.0177. The van der Waals surface area contributed by atoms with Gasteiger partial charge in [0.05, 0.1) is 0 Å². The number of piperidine rings is 1. The van der Waals surface area contributed by atoms with Gasteiger partial charge in [0.15, 0.2) is 0 Å². The van der Waals surface area contributed by atoms with E-state index >= 15 is 0 Å². The van der Waals surface area contributed by atoms with E-state index < -0.39 is 0 Å². The predicted octanol–water partition coefficient (Wildman–Crippen LogP) is 0.654. The highest BCUT2D eigenvalue weighted by Crippen LogP contribution is 2.49. The van der Waals surface area contributed by atoms with E-state index in [4.69, 9.17) is 5.73 Å². The third-order valence-electron chi connectivity index (χ3n) is 3.51. The first-order chi connectivity index (χ1) is 7.17. The SMILES string of the molecule is NCCC1(CN2C(=O)CCCC2=O)CC1. The normalized spacial score (nSPS) is 24.5. The summed E-state index contributed by atoms with van der Waals surface area (Å²) in [5.41, 5.74) is 5.72. The number of hydrogen-bond donors (Lipinski definition) is 1. The molecule has 0 aromatic heterocycles. The van der Waals surface area contributed by atoms with E-state index in [1.807, 2.05) is 0 Å². The summed E-state index contributed by atoms with van der Waals surface area (Å²) in [4.78, 5) is 24.6. The van der Waals surface area contributed by atoms with Crippen LogP contribution in [0, 0.1) is 5.41 Å². The van der Waals surface area contributed by atoms with Crippen molar-refractivity contribution in [2.24, 2.45) is 11.1 Å². The standard InChI is InChI=1S/C11H18N2O2/c12-7-6-11(4-5-11)8-13-9(14)2-1-3-10(13)15/h1-8,12H2. The fraction of sp³-hybridized carbons (Fsp3) is 0.818. The molecule has 1 heterocycles. The van der Waals surface area contributed by atoms with Crippen molar-refractivity contribution in [1.82, 2.24) is 4.90 Å². The van der Waals surface area contributed by atoms with Crippen molar-refractivity contribution in [2.45, 2.75) is 38.5 Å². The number of nitrogens with zero attached hydrogens (tertiary/aromatic N) is 1. The zero-order valence-corrected chi connectivity index (χ0v) is 9.00. The molecule has 1 aliphatic carbocycles. The molecule has 2 amide bonds. The molecule has 1 saturated heterocycles. The van der Waals surface area contributed by atoms with Crippen LogP contribution >= 0.6 is 0 Å². The number of amides is 2. The minimum absolute atomic E-state index is 0.00884. The van der Waals surface area contributed by atoms with Crippen LogP contribution in [-0.4, -0.2) is 29.8 Å². The first-order valence-corrected chi connectivity index (χ1v) is 5.70. The Morgan fingerprint density at radius 2 is 1.80 bits per heavy atom. The monoisotopic (exact) mass is 210 g/mol. The number of nitrogens with two attached hydrogens (primary N) is 1. The van der Waals surface area contributed by atoms with Gasteiger partial charge in [-0.3, -0.25) is 14.5 Å². The second kappa shape index (κ2) is 3.93. The van der Waals surface area contributed by atoms with Gasteiger partial charge in [-0.05, 0) is 37.6 Å². The van der Waals surface area contributed by atoms with Crippen LogP contribution in [0.4, 0.5) is 0 Å². The van der Waals surface area contributed by atoms with Gasteiger partial charge >= 0.3 is 0 Å². The third kappa shape index (κ3) is 2.20. The van der Waals surface area contributed by atoms with Crippen molar-refractivity contribution < 1.29 is 9.59 Å². The summed E-state index contributed by atoms with van der Waals surface area (Å²) < 4.78 is 0. The van der Waals surface area contributed by atoms with Gasteiger partial charge in [0.1, 0.15) is 0 Å². The number of carbonyl (C=O) groups excluding carboxylic acids is 2. The Bertz CT molecular complexity index is 268. The molecule has 0 aromatic rings. The molecule has 84 valence electrons. The number of imide groups is 1. The van der Waals surface area contributed by atoms with Gasteiger partial charge in [-0.25, -0.2) is 0 Å². The first kappa shape index (κ1) is 10.6. The molecule has 0 spiro atoms. The molecule has 0 atom stereocenters. The Morgan fingerprint density at radius 1 is 1.20 bits per heavy atom. The molecule has 15 heavy (non-hydrogen) atoms. The molecule has 0 unspecified atom stereocenters. The zero-order valence-electron chi connectivity index (χ0n) is 9.00. The molecule has 2 aliphatic rings. The maximum absolute atomic E-state index is 11.6. The smallest absolute Gasteiger partial charge is 0.229 e. The van der Waals surface area contributed by atoms with Crippen LogP contribution in [0.1, 0.15) is 38.5 Å². The maximum Gasteiger partial charge on any atom is 0.229 e. The molecule has 2 rings (SSSR count). The van der Waals surface area contributed by atoms with Crippen molar-refractivity contribution in [3.63, 3.8) is 0 Å². The second-order valence-electron chi connectivity index (χ2n) is 4.77. The Hall–Kier alpha value is -0.900. The lowest BCUT2D eigenvalue weighted by atomic mass is 9.99. The minimum atomic E-state index is 0.00884. The highest BCUT2D eigenvalue weighted by atomic mass is 16.2. The maximum atomic E-state index is 11.6. The van der Waals surface area contributed by atoms with E-state index in [9.17, 15) is 9.59 Å². The molecule has 1 saturated carbocycles. The number of likely N-dealkylation sites (tertiary alicyclic amines) is 1. The molecule has 4 heteroatoms. The molecular weight excluding hydrogens is 192 g/mol. The Labute approximate surface area is 89.8 Å². The second-order valence-corrected chi connectivity index (χ2v) is 4.77. The number of rotatable bonds is 4. The van der Waals surface area contributed by atoms with Crippen molar-refractivity contribution in [3.05, 3.63) is 0 Å². The van der Waals surface area contributed by atoms with E-state index in [0.29, 0.717) is 25.9 Å². The van der Waals surface area contributed by atoms with Crippen LogP contribution in [0.3, 0.4) is 0 Å². The summed E-state index contributed by atoms with van der Waals surface area (Å²) >= 11 is 0. The van der Waals surface area contributed by atoms with Crippen molar-refractivity contribution >= 4 is 11.8 Å². The molecule has 1 aliphatic heterocycles. The topological polar surface area (TPSA) is 63.4 Å². The van der Waals surface area contributed by atoms with Crippen LogP contribution in [0.2, 0.25) is 0 Å². The first-order valence-electron chi connectivity index (χ1n) is 5.70. The Morgan fingerprint density at radius 3 is 2.27 bits per heavy atom. The summed E-state index contributed by atoms with van der Waals surface area (Å²) in [6.45, 7) is 1.26. The molecule has 0 radical (unpaired) electrons. The van der Waals surface area contributed by atoms with Gasteiger partial charge in [0.2, 0.25) is 11.8 Å². The van der Waals surface area contributed by atoms with Crippen molar-refractivity contribution in [3.8, 4) is 0 Å². The largest absolute Gasteiger partial charge is 0.330 e. The van der Waals surface area contributed by atoms with Crippen molar-refractivity contribution in [2.75, 3.05) is 13.1 Å². The van der Waals surface area contributed by atoms with Gasteiger partial charge in [-0.1, -0.05) is 0 Å². The average molecular weight is 210 g/mol. The predicted molar refractivity (Wildman–Crippen MR) is 55.9 cm³/mol. The Balaban J connectivity index is 1.97. The van der Waals surface area contributed by atoms with Gasteiger partial charge in [0.25, 0.3) is 0 Å². The lowest BCUT2D eigenvalue weighted by molar-refractivity contribution is -0.149. The highest BCUT2D eigenvalue weighted by Gasteiger charge is 2.45. The van der Waals surface area contributed by atoms with Crippen molar-refractivity contribution in [1.29, 1.82) is 0 Å². The molecule has 0 bridgehead atoms. The minimum Gasteiger partial charge on any atom is -0.330 e. The van der Waals surface area contributed by atoms with E-state index in [1.165, 1.54) is 4.90 Å². The number of carbonyl (C=O) groups is 2. The molecule has 2 fully saturated rings. The summed E-state index contributed by atoms with van der Waals surface area (Å²) in [6.07, 6.45) is 4.94. The summed E-state index contributed by atoms with van der Waals surface area (Å²) in [5, 5.41) is 0. The van der Waals surface area contributed by atoms with Crippen LogP contribution in [0.15, 0.2) is 0 Å². The van der Waals surface area contributed by atoms with Gasteiger partial charge < -0.3 is 5.73 Å². The van der Waals surface area contributed by atoms with E-state index in [-0.39, 0.29) is 17.2 Å². The fourth-order valence-electron chi connectivity index (χ4n) is 2.28. The van der Waals surface area contributed by atoms with E-state index in [0.717, 1.165) is 25.7 Å². The summed E-state index contributed by atoms with van der Waals surface area (Å²) in [6, 6.07) is 0. The van der Waals surface area contributed by atoms with Gasteiger partial charge in [-0.2, -0.15) is 0 Å². The fourth-order valence-corrected chi connectivity index (χ4v) is 2.28. The van der Waals surface area contributed by atoms with Crippen LogP contribution in [0.25, 0.3) is 0 Å². The van der Waals surface area contributed by atoms with Gasteiger partial charge in [-0.15, -0.1) is 0 Å². The molecule has 4 nitrogen and oxygen atoms in total. The quantitative estimate of drug-likeness (QED) is 0.693. The molecular formula is C11H18N2O2. The van der Waals surface area contributed by atoms with Crippen LogP contribution in [0.5, 0.6) is 0 Å². The number of hydrogen-bond acceptors (Lipinski definition) is 3. The Kier molecular flexibility index (Phi) is 2.78. The average Bonchev–Trinajstić information content (AvgIpc) is 2.93. The molecule has 0 aromatic carbocycles. The lowest BCUT2D eigenvalue weighted by Crippen LogP contribution is -2.43. The lowest BCUT2D eigenvalue weighted by Gasteiger charge is -2.28. The summed E-state index contributed by atoms with van der Waals surface area (Å²) in [7, 11) is 0. The highest BCUT2D eigenvalue weighted by molar-refractivity contribution is 5.97. The molecule has 2 N–H and O–H groups in total. The van der Waals surface area contributed by atoms with E-state index in [1.54, 1.807) is 0 Å². The van der Waals surface area contributed by atoms with E-state index in [2.05, 4.69) is 0 Å². The van der Waals surface area contributed by atoms with Crippen LogP contribution < -0.4 is 5.73 Å². The van der Waals surface area contributed by atoms with Crippen LogP contribution in [-0.2, 0) is 9.59 Å².